The molecule has 0 atom stereocenters. The van der Waals surface area contributed by atoms with Crippen LogP contribution in [0, 0.1) is 13.8 Å². The lowest BCUT2D eigenvalue weighted by atomic mass is 10.1. The molecule has 0 fully saturated rings. The summed E-state index contributed by atoms with van der Waals surface area (Å²) in [5.41, 5.74) is 5.70. The fraction of sp³-hybridized carbons (Fsp3) is 0.467. The van der Waals surface area contributed by atoms with E-state index < -0.39 is 0 Å². The van der Waals surface area contributed by atoms with Gasteiger partial charge in [0.2, 0.25) is 0 Å². The van der Waals surface area contributed by atoms with Gasteiger partial charge < -0.3 is 0 Å². The SMILES string of the molecule is CCc1cc(CCl)cc(-n2nc(C)c(CC)c2C)n1. The first-order valence-electron chi connectivity index (χ1n) is 6.71. The molecule has 0 saturated heterocycles. The Hall–Kier alpha value is -1.35. The van der Waals surface area contributed by atoms with Gasteiger partial charge >= 0.3 is 0 Å². The third kappa shape index (κ3) is 2.66. The molecule has 0 aliphatic carbocycles. The summed E-state index contributed by atoms with van der Waals surface area (Å²) in [5.74, 6) is 1.37. The first-order chi connectivity index (χ1) is 9.10. The van der Waals surface area contributed by atoms with Crippen molar-refractivity contribution in [3.8, 4) is 5.82 Å². The van der Waals surface area contributed by atoms with Crippen LogP contribution in [0.1, 0.15) is 42.1 Å². The average molecular weight is 278 g/mol. The van der Waals surface area contributed by atoms with Gasteiger partial charge in [-0.3, -0.25) is 0 Å². The van der Waals surface area contributed by atoms with Crippen LogP contribution < -0.4 is 0 Å². The molecular weight excluding hydrogens is 258 g/mol. The summed E-state index contributed by atoms with van der Waals surface area (Å²) in [6, 6.07) is 4.08. The van der Waals surface area contributed by atoms with Crippen molar-refractivity contribution in [3.05, 3.63) is 40.3 Å². The minimum Gasteiger partial charge on any atom is -0.234 e. The van der Waals surface area contributed by atoms with E-state index in [1.807, 2.05) is 10.7 Å². The number of nitrogens with zero attached hydrogens (tertiary/aromatic N) is 3. The van der Waals surface area contributed by atoms with Crippen molar-refractivity contribution < 1.29 is 0 Å². The third-order valence-corrected chi connectivity index (χ3v) is 3.76. The molecule has 0 saturated carbocycles. The van der Waals surface area contributed by atoms with Gasteiger partial charge in [0.05, 0.1) is 5.69 Å². The van der Waals surface area contributed by atoms with Crippen molar-refractivity contribution >= 4 is 11.6 Å². The highest BCUT2D eigenvalue weighted by molar-refractivity contribution is 6.17. The van der Waals surface area contributed by atoms with Crippen LogP contribution in [0.5, 0.6) is 0 Å². The summed E-state index contributed by atoms with van der Waals surface area (Å²) in [6.45, 7) is 8.40. The molecule has 0 bridgehead atoms. The summed E-state index contributed by atoms with van der Waals surface area (Å²) in [7, 11) is 0. The minimum atomic E-state index is 0.502. The van der Waals surface area contributed by atoms with E-state index in [2.05, 4.69) is 43.8 Å². The Labute approximate surface area is 119 Å². The number of aryl methyl sites for hydroxylation is 2. The monoisotopic (exact) mass is 277 g/mol. The van der Waals surface area contributed by atoms with E-state index in [4.69, 9.17) is 11.6 Å². The molecule has 0 aromatic carbocycles. The van der Waals surface area contributed by atoms with Gasteiger partial charge in [0, 0.05) is 17.3 Å². The minimum absolute atomic E-state index is 0.502. The zero-order chi connectivity index (χ0) is 14.0. The maximum atomic E-state index is 5.96. The van der Waals surface area contributed by atoms with Crippen LogP contribution in [0.25, 0.3) is 5.82 Å². The van der Waals surface area contributed by atoms with Gasteiger partial charge in [0.25, 0.3) is 0 Å². The Bertz CT molecular complexity index is 565. The zero-order valence-electron chi connectivity index (χ0n) is 12.0. The highest BCUT2D eigenvalue weighted by Gasteiger charge is 2.13. The van der Waals surface area contributed by atoms with Crippen molar-refractivity contribution in [1.29, 1.82) is 0 Å². The van der Waals surface area contributed by atoms with E-state index in [1.165, 1.54) is 11.3 Å². The van der Waals surface area contributed by atoms with Crippen molar-refractivity contribution in [2.45, 2.75) is 46.4 Å². The van der Waals surface area contributed by atoms with Gasteiger partial charge in [0.15, 0.2) is 5.82 Å². The highest BCUT2D eigenvalue weighted by Crippen LogP contribution is 2.19. The van der Waals surface area contributed by atoms with Crippen LogP contribution in [0.15, 0.2) is 12.1 Å². The van der Waals surface area contributed by atoms with Crippen molar-refractivity contribution in [1.82, 2.24) is 14.8 Å². The topological polar surface area (TPSA) is 30.7 Å². The van der Waals surface area contributed by atoms with Gasteiger partial charge in [-0.15, -0.1) is 11.6 Å². The molecule has 0 aliphatic rings. The molecule has 0 unspecified atom stereocenters. The molecule has 0 N–H and O–H groups in total. The van der Waals surface area contributed by atoms with Crippen LogP contribution in [0.2, 0.25) is 0 Å². The van der Waals surface area contributed by atoms with Gasteiger partial charge in [-0.1, -0.05) is 13.8 Å². The number of pyridine rings is 1. The van der Waals surface area contributed by atoms with E-state index in [-0.39, 0.29) is 0 Å². The number of alkyl halides is 1. The second-order valence-electron chi connectivity index (χ2n) is 4.73. The van der Waals surface area contributed by atoms with Crippen LogP contribution in [-0.4, -0.2) is 14.8 Å². The Morgan fingerprint density at radius 2 is 1.89 bits per heavy atom. The Balaban J connectivity index is 2.58. The molecule has 4 heteroatoms. The lowest BCUT2D eigenvalue weighted by molar-refractivity contribution is 0.793. The normalized spacial score (nSPS) is 11.0. The van der Waals surface area contributed by atoms with Gasteiger partial charge in [-0.05, 0) is 49.9 Å². The van der Waals surface area contributed by atoms with Gasteiger partial charge in [0.1, 0.15) is 0 Å². The molecular formula is C15H20ClN3. The summed E-state index contributed by atoms with van der Waals surface area (Å²) >= 11 is 5.96. The molecule has 0 amide bonds. The lowest BCUT2D eigenvalue weighted by Gasteiger charge is -2.08. The Morgan fingerprint density at radius 1 is 1.16 bits per heavy atom. The number of aromatic nitrogens is 3. The molecule has 0 aliphatic heterocycles. The zero-order valence-corrected chi connectivity index (χ0v) is 12.8. The van der Waals surface area contributed by atoms with Crippen LogP contribution in [0.4, 0.5) is 0 Å². The third-order valence-electron chi connectivity index (χ3n) is 3.45. The molecule has 3 nitrogen and oxygen atoms in total. The maximum Gasteiger partial charge on any atom is 0.154 e. The summed E-state index contributed by atoms with van der Waals surface area (Å²) < 4.78 is 1.93. The standard InChI is InChI=1S/C15H20ClN3/c1-5-13-7-12(9-16)8-15(17-13)19-11(4)14(6-2)10(3)18-19/h7-8H,5-6,9H2,1-4H3. The van der Waals surface area contributed by atoms with Crippen molar-refractivity contribution in [2.75, 3.05) is 0 Å². The van der Waals surface area contributed by atoms with Crippen LogP contribution in [0.3, 0.4) is 0 Å². The Morgan fingerprint density at radius 3 is 2.42 bits per heavy atom. The molecule has 19 heavy (non-hydrogen) atoms. The molecule has 0 spiro atoms. The average Bonchev–Trinajstić information content (AvgIpc) is 2.72. The number of hydrogen-bond acceptors (Lipinski definition) is 2. The predicted octanol–water partition coefficient (Wildman–Crippen LogP) is 3.75. The second kappa shape index (κ2) is 5.74. The van der Waals surface area contributed by atoms with E-state index >= 15 is 0 Å². The molecule has 0 radical (unpaired) electrons. The fourth-order valence-corrected chi connectivity index (χ4v) is 2.56. The highest BCUT2D eigenvalue weighted by atomic mass is 35.5. The Kier molecular flexibility index (Phi) is 4.25. The first-order valence-corrected chi connectivity index (χ1v) is 7.25. The molecule has 2 aromatic heterocycles. The van der Waals surface area contributed by atoms with E-state index in [9.17, 15) is 0 Å². The number of rotatable bonds is 4. The molecule has 2 aromatic rings. The molecule has 2 heterocycles. The fourth-order valence-electron chi connectivity index (χ4n) is 2.41. The second-order valence-corrected chi connectivity index (χ2v) is 4.99. The number of hydrogen-bond donors (Lipinski definition) is 0. The van der Waals surface area contributed by atoms with Crippen molar-refractivity contribution in [3.63, 3.8) is 0 Å². The van der Waals surface area contributed by atoms with Crippen LogP contribution in [-0.2, 0) is 18.7 Å². The predicted molar refractivity (Wildman–Crippen MR) is 79.1 cm³/mol. The van der Waals surface area contributed by atoms with Crippen molar-refractivity contribution in [2.24, 2.45) is 0 Å². The van der Waals surface area contributed by atoms with Crippen LogP contribution >= 0.6 is 11.6 Å². The smallest absolute Gasteiger partial charge is 0.154 e. The van der Waals surface area contributed by atoms with E-state index in [1.54, 1.807) is 0 Å². The van der Waals surface area contributed by atoms with E-state index in [0.29, 0.717) is 5.88 Å². The largest absolute Gasteiger partial charge is 0.234 e. The first kappa shape index (κ1) is 14.1. The molecule has 2 rings (SSSR count). The maximum absolute atomic E-state index is 5.96. The molecule has 102 valence electrons. The summed E-state index contributed by atoms with van der Waals surface area (Å²) in [6.07, 6.45) is 1.89. The van der Waals surface area contributed by atoms with Gasteiger partial charge in [-0.2, -0.15) is 5.10 Å². The van der Waals surface area contributed by atoms with Gasteiger partial charge in [-0.25, -0.2) is 9.67 Å². The lowest BCUT2D eigenvalue weighted by Crippen LogP contribution is -2.05. The van der Waals surface area contributed by atoms with E-state index in [0.717, 1.165) is 35.6 Å². The summed E-state index contributed by atoms with van der Waals surface area (Å²) in [5, 5.41) is 4.61. The number of halogens is 1. The quantitative estimate of drug-likeness (QED) is 0.797. The summed E-state index contributed by atoms with van der Waals surface area (Å²) in [4.78, 5) is 4.66.